The van der Waals surface area contributed by atoms with Crippen molar-refractivity contribution in [1.82, 2.24) is 0 Å². The first kappa shape index (κ1) is 10.1. The van der Waals surface area contributed by atoms with Crippen LogP contribution >= 0.6 is 15.9 Å². The van der Waals surface area contributed by atoms with Gasteiger partial charge in [-0.2, -0.15) is 0 Å². The summed E-state index contributed by atoms with van der Waals surface area (Å²) < 4.78 is 1.06. The molecule has 0 aromatic heterocycles. The standard InChI is InChI=1S/C13H10BrN/c14-13-9-5-4-6-11(13)10-15-12-7-2-1-3-8-12/h1-10H/b15-10+. The van der Waals surface area contributed by atoms with Crippen LogP contribution < -0.4 is 0 Å². The fourth-order valence-electron chi connectivity index (χ4n) is 1.24. The first-order valence-corrected chi connectivity index (χ1v) is 5.49. The molecule has 0 unspecified atom stereocenters. The molecule has 0 heterocycles. The van der Waals surface area contributed by atoms with Crippen molar-refractivity contribution in [3.63, 3.8) is 0 Å². The summed E-state index contributed by atoms with van der Waals surface area (Å²) in [4.78, 5) is 4.38. The van der Waals surface area contributed by atoms with Crippen molar-refractivity contribution in [2.24, 2.45) is 4.99 Å². The minimum absolute atomic E-state index is 0.966. The second-order valence-electron chi connectivity index (χ2n) is 3.12. The van der Waals surface area contributed by atoms with Gasteiger partial charge in [0.25, 0.3) is 0 Å². The Bertz CT molecular complexity index is 463. The second kappa shape index (κ2) is 4.89. The van der Waals surface area contributed by atoms with E-state index in [1.807, 2.05) is 60.8 Å². The van der Waals surface area contributed by atoms with Crippen molar-refractivity contribution in [2.45, 2.75) is 0 Å². The van der Waals surface area contributed by atoms with Crippen LogP contribution in [0, 0.1) is 0 Å². The molecule has 2 rings (SSSR count). The lowest BCUT2D eigenvalue weighted by molar-refractivity contribution is 1.52. The molecule has 0 aliphatic rings. The quantitative estimate of drug-likeness (QED) is 0.717. The third-order valence-corrected chi connectivity index (χ3v) is 2.74. The number of hydrogen-bond acceptors (Lipinski definition) is 1. The van der Waals surface area contributed by atoms with Crippen LogP contribution in [0.1, 0.15) is 5.56 Å². The Hall–Kier alpha value is -1.41. The monoisotopic (exact) mass is 259 g/mol. The van der Waals surface area contributed by atoms with Crippen molar-refractivity contribution in [3.8, 4) is 0 Å². The highest BCUT2D eigenvalue weighted by molar-refractivity contribution is 9.10. The molecule has 2 aromatic rings. The van der Waals surface area contributed by atoms with E-state index in [1.165, 1.54) is 0 Å². The molecule has 0 bridgehead atoms. The fourth-order valence-corrected chi connectivity index (χ4v) is 1.63. The summed E-state index contributed by atoms with van der Waals surface area (Å²) in [6, 6.07) is 17.9. The van der Waals surface area contributed by atoms with Crippen LogP contribution in [-0.4, -0.2) is 6.21 Å². The molecule has 0 saturated carbocycles. The van der Waals surface area contributed by atoms with Crippen LogP contribution in [0.2, 0.25) is 0 Å². The summed E-state index contributed by atoms with van der Waals surface area (Å²) in [6.07, 6.45) is 1.86. The molecular weight excluding hydrogens is 250 g/mol. The van der Waals surface area contributed by atoms with Crippen LogP contribution in [0.5, 0.6) is 0 Å². The average molecular weight is 260 g/mol. The summed E-state index contributed by atoms with van der Waals surface area (Å²) in [5.74, 6) is 0. The third kappa shape index (κ3) is 2.77. The number of halogens is 1. The van der Waals surface area contributed by atoms with E-state index in [9.17, 15) is 0 Å². The second-order valence-corrected chi connectivity index (χ2v) is 3.97. The van der Waals surface area contributed by atoms with Gasteiger partial charge in [-0.3, -0.25) is 4.99 Å². The highest BCUT2D eigenvalue weighted by Crippen LogP contribution is 2.15. The summed E-state index contributed by atoms with van der Waals surface area (Å²) in [6.45, 7) is 0. The molecule has 0 aliphatic carbocycles. The molecule has 0 fully saturated rings. The molecule has 2 heteroatoms. The predicted octanol–water partition coefficient (Wildman–Crippen LogP) is 4.20. The zero-order chi connectivity index (χ0) is 10.5. The number of nitrogens with zero attached hydrogens (tertiary/aromatic N) is 1. The Labute approximate surface area is 97.6 Å². The molecular formula is C13H10BrN. The molecule has 0 N–H and O–H groups in total. The average Bonchev–Trinajstić information content (AvgIpc) is 2.29. The number of hydrogen-bond donors (Lipinski definition) is 0. The Balaban J connectivity index is 2.23. The van der Waals surface area contributed by atoms with Crippen LogP contribution in [0.15, 0.2) is 64.1 Å². The molecule has 0 spiro atoms. The molecule has 0 radical (unpaired) electrons. The minimum Gasteiger partial charge on any atom is -0.256 e. The van der Waals surface area contributed by atoms with E-state index in [4.69, 9.17) is 0 Å². The normalized spacial score (nSPS) is 10.7. The molecule has 1 nitrogen and oxygen atoms in total. The van der Waals surface area contributed by atoms with Crippen molar-refractivity contribution in [3.05, 3.63) is 64.6 Å². The molecule has 0 amide bonds. The van der Waals surface area contributed by atoms with E-state index in [1.54, 1.807) is 0 Å². The SMILES string of the molecule is Brc1ccccc1/C=N/c1ccccc1. The van der Waals surface area contributed by atoms with E-state index in [2.05, 4.69) is 20.9 Å². The van der Waals surface area contributed by atoms with Gasteiger partial charge >= 0.3 is 0 Å². The van der Waals surface area contributed by atoms with E-state index < -0.39 is 0 Å². The zero-order valence-electron chi connectivity index (χ0n) is 8.10. The maximum Gasteiger partial charge on any atom is 0.0629 e. The minimum atomic E-state index is 0.966. The highest BCUT2D eigenvalue weighted by atomic mass is 79.9. The zero-order valence-corrected chi connectivity index (χ0v) is 9.68. The molecule has 74 valence electrons. The van der Waals surface area contributed by atoms with Crippen molar-refractivity contribution in [2.75, 3.05) is 0 Å². The molecule has 2 aromatic carbocycles. The Morgan fingerprint density at radius 1 is 0.867 bits per heavy atom. The van der Waals surface area contributed by atoms with Gasteiger partial charge in [0, 0.05) is 16.3 Å². The lowest BCUT2D eigenvalue weighted by Gasteiger charge is -1.96. The van der Waals surface area contributed by atoms with Gasteiger partial charge in [0.15, 0.2) is 0 Å². The third-order valence-electron chi connectivity index (χ3n) is 2.01. The van der Waals surface area contributed by atoms with E-state index in [0.717, 1.165) is 15.7 Å². The smallest absolute Gasteiger partial charge is 0.0629 e. The number of para-hydroxylation sites is 1. The van der Waals surface area contributed by atoms with E-state index >= 15 is 0 Å². The number of aliphatic imine (C=N–C) groups is 1. The number of benzene rings is 2. The van der Waals surface area contributed by atoms with Crippen molar-refractivity contribution >= 4 is 27.8 Å². The summed E-state index contributed by atoms with van der Waals surface area (Å²) >= 11 is 3.48. The highest BCUT2D eigenvalue weighted by Gasteiger charge is 1.93. The maximum absolute atomic E-state index is 4.38. The molecule has 0 atom stereocenters. The molecule has 15 heavy (non-hydrogen) atoms. The molecule has 0 aliphatic heterocycles. The van der Waals surface area contributed by atoms with Gasteiger partial charge in [-0.25, -0.2) is 0 Å². The van der Waals surface area contributed by atoms with Crippen LogP contribution in [-0.2, 0) is 0 Å². The largest absolute Gasteiger partial charge is 0.256 e. The lowest BCUT2D eigenvalue weighted by atomic mass is 10.2. The Kier molecular flexibility index (Phi) is 3.30. The van der Waals surface area contributed by atoms with Crippen LogP contribution in [0.4, 0.5) is 5.69 Å². The van der Waals surface area contributed by atoms with Gasteiger partial charge in [-0.05, 0) is 18.2 Å². The van der Waals surface area contributed by atoms with Gasteiger partial charge in [-0.15, -0.1) is 0 Å². The van der Waals surface area contributed by atoms with E-state index in [0.29, 0.717) is 0 Å². The number of rotatable bonds is 2. The van der Waals surface area contributed by atoms with Crippen LogP contribution in [0.3, 0.4) is 0 Å². The maximum atomic E-state index is 4.38. The first-order valence-electron chi connectivity index (χ1n) is 4.70. The summed E-state index contributed by atoms with van der Waals surface area (Å²) in [5.41, 5.74) is 2.05. The fraction of sp³-hybridized carbons (Fsp3) is 0. The Morgan fingerprint density at radius 3 is 2.27 bits per heavy atom. The van der Waals surface area contributed by atoms with Gasteiger partial charge in [0.05, 0.1) is 5.69 Å². The summed E-state index contributed by atoms with van der Waals surface area (Å²) in [7, 11) is 0. The van der Waals surface area contributed by atoms with E-state index in [-0.39, 0.29) is 0 Å². The lowest BCUT2D eigenvalue weighted by Crippen LogP contribution is -1.81. The topological polar surface area (TPSA) is 12.4 Å². The van der Waals surface area contributed by atoms with Gasteiger partial charge in [0.1, 0.15) is 0 Å². The van der Waals surface area contributed by atoms with Crippen molar-refractivity contribution < 1.29 is 0 Å². The van der Waals surface area contributed by atoms with Crippen LogP contribution in [0.25, 0.3) is 0 Å². The molecule has 0 saturated heterocycles. The predicted molar refractivity (Wildman–Crippen MR) is 67.8 cm³/mol. The van der Waals surface area contributed by atoms with Gasteiger partial charge < -0.3 is 0 Å². The summed E-state index contributed by atoms with van der Waals surface area (Å²) in [5, 5.41) is 0. The first-order chi connectivity index (χ1) is 7.36. The Morgan fingerprint density at radius 2 is 1.53 bits per heavy atom. The van der Waals surface area contributed by atoms with Gasteiger partial charge in [-0.1, -0.05) is 52.3 Å². The van der Waals surface area contributed by atoms with Gasteiger partial charge in [0.2, 0.25) is 0 Å². The van der Waals surface area contributed by atoms with Crippen molar-refractivity contribution in [1.29, 1.82) is 0 Å².